The highest BCUT2D eigenvalue weighted by Crippen LogP contribution is 2.18. The van der Waals surface area contributed by atoms with Crippen molar-refractivity contribution in [1.82, 2.24) is 9.97 Å². The summed E-state index contributed by atoms with van der Waals surface area (Å²) in [7, 11) is -2.93. The molecule has 0 aromatic carbocycles. The second-order valence-electron chi connectivity index (χ2n) is 3.48. The summed E-state index contributed by atoms with van der Waals surface area (Å²) in [5, 5.41) is 0.730. The third-order valence-corrected chi connectivity index (χ3v) is 4.03. The smallest absolute Gasteiger partial charge is 0.148 e. The Bertz CT molecular complexity index is 454. The van der Waals surface area contributed by atoms with Gasteiger partial charge in [0.15, 0.2) is 0 Å². The number of nitrogens with zero attached hydrogens (tertiary/aromatic N) is 2. The SMILES string of the molecule is CCc1nc(NN)cc(SCCS(C)(=O)=O)n1. The van der Waals surface area contributed by atoms with Crippen molar-refractivity contribution in [3.8, 4) is 0 Å². The van der Waals surface area contributed by atoms with E-state index in [1.54, 1.807) is 6.07 Å². The summed E-state index contributed by atoms with van der Waals surface area (Å²) in [4.78, 5) is 8.43. The van der Waals surface area contributed by atoms with Gasteiger partial charge in [-0.25, -0.2) is 24.2 Å². The molecule has 0 saturated carbocycles. The molecule has 0 bridgehead atoms. The number of thioether (sulfide) groups is 1. The molecule has 8 heteroatoms. The lowest BCUT2D eigenvalue weighted by molar-refractivity contribution is 0.603. The highest BCUT2D eigenvalue weighted by molar-refractivity contribution is 8.00. The van der Waals surface area contributed by atoms with E-state index >= 15 is 0 Å². The van der Waals surface area contributed by atoms with Crippen molar-refractivity contribution in [2.45, 2.75) is 18.4 Å². The average molecular weight is 276 g/mol. The van der Waals surface area contributed by atoms with Crippen LogP contribution in [-0.2, 0) is 16.3 Å². The number of sulfone groups is 1. The molecule has 96 valence electrons. The number of nitrogen functional groups attached to an aromatic ring is 1. The van der Waals surface area contributed by atoms with Crippen molar-refractivity contribution < 1.29 is 8.42 Å². The molecule has 0 aliphatic rings. The fraction of sp³-hybridized carbons (Fsp3) is 0.556. The molecule has 0 radical (unpaired) electrons. The Kier molecular flexibility index (Phi) is 5.16. The normalized spacial score (nSPS) is 11.5. The van der Waals surface area contributed by atoms with E-state index in [1.807, 2.05) is 6.92 Å². The number of hydrogen-bond donors (Lipinski definition) is 2. The second kappa shape index (κ2) is 6.18. The molecule has 0 unspecified atom stereocenters. The third kappa shape index (κ3) is 5.33. The van der Waals surface area contributed by atoms with Crippen molar-refractivity contribution in [1.29, 1.82) is 0 Å². The molecule has 0 atom stereocenters. The molecule has 0 aliphatic heterocycles. The lowest BCUT2D eigenvalue weighted by Gasteiger charge is -2.05. The summed E-state index contributed by atoms with van der Waals surface area (Å²) in [5.41, 5.74) is 2.47. The number of rotatable bonds is 6. The van der Waals surface area contributed by atoms with E-state index < -0.39 is 9.84 Å². The van der Waals surface area contributed by atoms with E-state index in [0.717, 1.165) is 5.03 Å². The van der Waals surface area contributed by atoms with E-state index in [1.165, 1.54) is 18.0 Å². The van der Waals surface area contributed by atoms with Gasteiger partial charge >= 0.3 is 0 Å². The molecule has 1 aromatic heterocycles. The summed E-state index contributed by atoms with van der Waals surface area (Å²) < 4.78 is 22.0. The molecule has 0 fully saturated rings. The Morgan fingerprint density at radius 2 is 2.18 bits per heavy atom. The van der Waals surface area contributed by atoms with E-state index in [0.29, 0.717) is 23.8 Å². The summed E-state index contributed by atoms with van der Waals surface area (Å²) in [5.74, 6) is 7.13. The molecule has 1 rings (SSSR count). The number of hydrogen-bond acceptors (Lipinski definition) is 7. The predicted molar refractivity (Wildman–Crippen MR) is 69.7 cm³/mol. The molecule has 0 spiro atoms. The van der Waals surface area contributed by atoms with Gasteiger partial charge < -0.3 is 5.43 Å². The maximum atomic E-state index is 11.0. The molecular weight excluding hydrogens is 260 g/mol. The van der Waals surface area contributed by atoms with Crippen molar-refractivity contribution in [2.75, 3.05) is 23.2 Å². The van der Waals surface area contributed by atoms with Gasteiger partial charge in [0.1, 0.15) is 26.5 Å². The molecular formula is C9H16N4O2S2. The van der Waals surface area contributed by atoms with Gasteiger partial charge in [-0.05, 0) is 0 Å². The van der Waals surface area contributed by atoms with Gasteiger partial charge in [0.25, 0.3) is 0 Å². The first-order valence-corrected chi connectivity index (χ1v) is 8.14. The minimum Gasteiger partial charge on any atom is -0.308 e. The molecule has 1 heterocycles. The molecule has 6 nitrogen and oxygen atoms in total. The van der Waals surface area contributed by atoms with Gasteiger partial charge in [-0.2, -0.15) is 0 Å². The van der Waals surface area contributed by atoms with Crippen LogP contribution in [0.25, 0.3) is 0 Å². The lowest BCUT2D eigenvalue weighted by Crippen LogP contribution is -2.11. The topological polar surface area (TPSA) is 98.0 Å². The maximum absolute atomic E-state index is 11.0. The van der Waals surface area contributed by atoms with Crippen LogP contribution >= 0.6 is 11.8 Å². The molecule has 0 aliphatic carbocycles. The van der Waals surface area contributed by atoms with Crippen LogP contribution < -0.4 is 11.3 Å². The summed E-state index contributed by atoms with van der Waals surface area (Å²) in [6.07, 6.45) is 1.92. The molecule has 3 N–H and O–H groups in total. The number of nitrogens with one attached hydrogen (secondary N) is 1. The number of anilines is 1. The number of nitrogens with two attached hydrogens (primary N) is 1. The first kappa shape index (κ1) is 14.2. The van der Waals surface area contributed by atoms with E-state index in [-0.39, 0.29) is 5.75 Å². The van der Waals surface area contributed by atoms with Crippen molar-refractivity contribution in [2.24, 2.45) is 5.84 Å². The van der Waals surface area contributed by atoms with Crippen LogP contribution in [0.3, 0.4) is 0 Å². The Labute approximate surface area is 105 Å². The van der Waals surface area contributed by atoms with Crippen LogP contribution in [0.15, 0.2) is 11.1 Å². The largest absolute Gasteiger partial charge is 0.308 e. The van der Waals surface area contributed by atoms with Gasteiger partial charge in [-0.3, -0.25) is 0 Å². The van der Waals surface area contributed by atoms with E-state index in [9.17, 15) is 8.42 Å². The van der Waals surface area contributed by atoms with Gasteiger partial charge in [0.05, 0.1) is 5.75 Å². The van der Waals surface area contributed by atoms with Crippen LogP contribution in [0.2, 0.25) is 0 Å². The molecule has 0 amide bonds. The zero-order valence-corrected chi connectivity index (χ0v) is 11.4. The number of aromatic nitrogens is 2. The molecule has 17 heavy (non-hydrogen) atoms. The third-order valence-electron chi connectivity index (χ3n) is 1.92. The highest BCUT2D eigenvalue weighted by atomic mass is 32.2. The first-order valence-electron chi connectivity index (χ1n) is 5.09. The van der Waals surface area contributed by atoms with Crippen LogP contribution in [0.5, 0.6) is 0 Å². The zero-order valence-electron chi connectivity index (χ0n) is 9.80. The number of aryl methyl sites for hydroxylation is 1. The van der Waals surface area contributed by atoms with Crippen LogP contribution in [0.4, 0.5) is 5.82 Å². The van der Waals surface area contributed by atoms with E-state index in [2.05, 4.69) is 15.4 Å². The quantitative estimate of drug-likeness (QED) is 0.337. The van der Waals surface area contributed by atoms with Crippen molar-refractivity contribution >= 4 is 27.4 Å². The van der Waals surface area contributed by atoms with Crippen LogP contribution in [-0.4, -0.2) is 36.1 Å². The van der Waals surface area contributed by atoms with Crippen LogP contribution in [0.1, 0.15) is 12.7 Å². The first-order chi connectivity index (χ1) is 7.94. The highest BCUT2D eigenvalue weighted by Gasteiger charge is 2.06. The fourth-order valence-corrected chi connectivity index (χ4v) is 3.19. The molecule has 1 aromatic rings. The van der Waals surface area contributed by atoms with Crippen molar-refractivity contribution in [3.63, 3.8) is 0 Å². The van der Waals surface area contributed by atoms with E-state index in [4.69, 9.17) is 5.84 Å². The van der Waals surface area contributed by atoms with Crippen LogP contribution in [0, 0.1) is 0 Å². The Morgan fingerprint density at radius 3 is 2.71 bits per heavy atom. The standard InChI is InChI=1S/C9H16N4O2S2/c1-3-7-11-8(13-10)6-9(12-7)16-4-5-17(2,14)15/h6H,3-5,10H2,1-2H3,(H,11,12,13). The Balaban J connectivity index is 2.70. The zero-order chi connectivity index (χ0) is 12.9. The number of hydrazine groups is 1. The second-order valence-corrected chi connectivity index (χ2v) is 6.86. The van der Waals surface area contributed by atoms with Gasteiger partial charge in [-0.15, -0.1) is 11.8 Å². The van der Waals surface area contributed by atoms with Gasteiger partial charge in [-0.1, -0.05) is 6.92 Å². The van der Waals surface area contributed by atoms with Gasteiger partial charge in [0, 0.05) is 24.5 Å². The predicted octanol–water partition coefficient (Wildman–Crippen LogP) is 0.461. The monoisotopic (exact) mass is 276 g/mol. The minimum absolute atomic E-state index is 0.133. The Morgan fingerprint density at radius 1 is 1.47 bits per heavy atom. The summed E-state index contributed by atoms with van der Waals surface area (Å²) in [6.45, 7) is 1.95. The minimum atomic E-state index is -2.93. The molecule has 0 saturated heterocycles. The summed E-state index contributed by atoms with van der Waals surface area (Å²) >= 11 is 1.38. The van der Waals surface area contributed by atoms with Crippen molar-refractivity contribution in [3.05, 3.63) is 11.9 Å². The lowest BCUT2D eigenvalue weighted by atomic mass is 10.4. The fourth-order valence-electron chi connectivity index (χ4n) is 1.08. The Hall–Kier alpha value is -0.860. The maximum Gasteiger partial charge on any atom is 0.148 e. The van der Waals surface area contributed by atoms with Gasteiger partial charge in [0.2, 0.25) is 0 Å². The summed E-state index contributed by atoms with van der Waals surface area (Å²) in [6, 6.07) is 1.70. The average Bonchev–Trinajstić information content (AvgIpc) is 2.26.